The van der Waals surface area contributed by atoms with Gasteiger partial charge >= 0.3 is 5.97 Å². The van der Waals surface area contributed by atoms with E-state index < -0.39 is 5.97 Å². The first-order chi connectivity index (χ1) is 9.74. The van der Waals surface area contributed by atoms with Crippen molar-refractivity contribution in [3.63, 3.8) is 0 Å². The third-order valence-corrected chi connectivity index (χ3v) is 3.07. The van der Waals surface area contributed by atoms with Crippen molar-refractivity contribution in [3.8, 4) is 11.4 Å². The minimum atomic E-state index is -1.08. The molecule has 0 aliphatic rings. The van der Waals surface area contributed by atoms with E-state index in [-0.39, 0.29) is 5.69 Å². The molecule has 1 N–H and O–H groups in total. The summed E-state index contributed by atoms with van der Waals surface area (Å²) >= 11 is 0. The average Bonchev–Trinajstić information content (AvgIpc) is 2.88. The van der Waals surface area contributed by atoms with E-state index >= 15 is 0 Å². The molecule has 0 saturated carbocycles. The van der Waals surface area contributed by atoms with E-state index in [4.69, 9.17) is 0 Å². The Balaban J connectivity index is 2.26. The van der Waals surface area contributed by atoms with Crippen LogP contribution in [-0.4, -0.2) is 31.1 Å². The Morgan fingerprint density at radius 1 is 1.30 bits per heavy atom. The number of nitrogens with zero attached hydrogens (tertiary/aromatic N) is 4. The normalized spacial score (nSPS) is 10.7. The van der Waals surface area contributed by atoms with Crippen LogP contribution in [0.25, 0.3) is 11.4 Å². The predicted molar refractivity (Wildman–Crippen MR) is 74.4 cm³/mol. The van der Waals surface area contributed by atoms with Gasteiger partial charge in [0.1, 0.15) is 5.69 Å². The number of carboxylic acids is 1. The maximum atomic E-state index is 11.2. The van der Waals surface area contributed by atoms with Crippen molar-refractivity contribution in [3.05, 3.63) is 30.1 Å². The average molecular weight is 274 g/mol. The van der Waals surface area contributed by atoms with Crippen molar-refractivity contribution in [2.24, 2.45) is 0 Å². The molecule has 2 rings (SSSR count). The fourth-order valence-electron chi connectivity index (χ4n) is 2.06. The molecule has 0 atom stereocenters. The lowest BCUT2D eigenvalue weighted by atomic mass is 10.2. The Kier molecular flexibility index (Phi) is 4.81. The van der Waals surface area contributed by atoms with E-state index in [2.05, 4.69) is 22.2 Å². The number of rotatable bonds is 7. The standard InChI is InChI=1S/C14H18N4O2/c1-2-3-4-7-10-18-13(11-8-5-6-9-15-11)12(14(19)20)16-17-18/h5-6,8-9H,2-4,7,10H2,1H3,(H,19,20). The molecule has 6 nitrogen and oxygen atoms in total. The molecule has 0 spiro atoms. The first-order valence-corrected chi connectivity index (χ1v) is 6.82. The third kappa shape index (κ3) is 3.20. The third-order valence-electron chi connectivity index (χ3n) is 3.07. The summed E-state index contributed by atoms with van der Waals surface area (Å²) in [4.78, 5) is 15.4. The highest BCUT2D eigenvalue weighted by Gasteiger charge is 2.20. The lowest BCUT2D eigenvalue weighted by molar-refractivity contribution is 0.0691. The number of hydrogen-bond acceptors (Lipinski definition) is 4. The largest absolute Gasteiger partial charge is 0.476 e. The lowest BCUT2D eigenvalue weighted by Crippen LogP contribution is -2.06. The summed E-state index contributed by atoms with van der Waals surface area (Å²) in [5.74, 6) is -1.08. The van der Waals surface area contributed by atoms with Crippen LogP contribution in [-0.2, 0) is 6.54 Å². The molecule has 2 aromatic rings. The van der Waals surface area contributed by atoms with Crippen LogP contribution in [0.3, 0.4) is 0 Å². The zero-order valence-electron chi connectivity index (χ0n) is 11.5. The topological polar surface area (TPSA) is 80.9 Å². The van der Waals surface area contributed by atoms with Crippen LogP contribution in [0.1, 0.15) is 43.1 Å². The number of unbranched alkanes of at least 4 members (excludes halogenated alkanes) is 3. The number of carboxylic acid groups (broad SMARTS) is 1. The van der Waals surface area contributed by atoms with Gasteiger partial charge in [-0.05, 0) is 18.6 Å². The number of carbonyl (C=O) groups is 1. The van der Waals surface area contributed by atoms with Crippen LogP contribution in [0.15, 0.2) is 24.4 Å². The first kappa shape index (κ1) is 14.2. The summed E-state index contributed by atoms with van der Waals surface area (Å²) in [7, 11) is 0. The van der Waals surface area contributed by atoms with Crippen molar-refractivity contribution in [2.45, 2.75) is 39.2 Å². The molecular weight excluding hydrogens is 256 g/mol. The molecule has 106 valence electrons. The van der Waals surface area contributed by atoms with E-state index in [0.717, 1.165) is 19.3 Å². The molecule has 0 unspecified atom stereocenters. The van der Waals surface area contributed by atoms with Crippen LogP contribution in [0.4, 0.5) is 0 Å². The Morgan fingerprint density at radius 2 is 2.15 bits per heavy atom. The van der Waals surface area contributed by atoms with Crippen LogP contribution in [0, 0.1) is 0 Å². The Bertz CT molecular complexity index is 566. The monoisotopic (exact) mass is 274 g/mol. The summed E-state index contributed by atoms with van der Waals surface area (Å²) in [5, 5.41) is 16.9. The summed E-state index contributed by atoms with van der Waals surface area (Å²) in [6.07, 6.45) is 6.01. The van der Waals surface area contributed by atoms with E-state index in [1.165, 1.54) is 6.42 Å². The van der Waals surface area contributed by atoms with Crippen molar-refractivity contribution in [2.75, 3.05) is 0 Å². The number of aromatic nitrogens is 4. The Hall–Kier alpha value is -2.24. The van der Waals surface area contributed by atoms with Crippen molar-refractivity contribution in [1.29, 1.82) is 0 Å². The molecule has 0 bridgehead atoms. The summed E-state index contributed by atoms with van der Waals surface area (Å²) in [5.41, 5.74) is 1.03. The van der Waals surface area contributed by atoms with Crippen LogP contribution in [0.2, 0.25) is 0 Å². The molecule has 0 aliphatic carbocycles. The van der Waals surface area contributed by atoms with Gasteiger partial charge in [-0.3, -0.25) is 4.98 Å². The second-order valence-corrected chi connectivity index (χ2v) is 4.59. The van der Waals surface area contributed by atoms with Gasteiger partial charge in [-0.2, -0.15) is 0 Å². The maximum absolute atomic E-state index is 11.2. The van der Waals surface area contributed by atoms with Gasteiger partial charge in [0, 0.05) is 12.7 Å². The fourth-order valence-corrected chi connectivity index (χ4v) is 2.06. The highest BCUT2D eigenvalue weighted by Crippen LogP contribution is 2.20. The minimum Gasteiger partial charge on any atom is -0.476 e. The molecule has 0 radical (unpaired) electrons. The molecule has 0 aromatic carbocycles. The zero-order valence-corrected chi connectivity index (χ0v) is 11.5. The first-order valence-electron chi connectivity index (χ1n) is 6.82. The minimum absolute atomic E-state index is 0.0424. The molecule has 0 saturated heterocycles. The number of aromatic carboxylic acids is 1. The summed E-state index contributed by atoms with van der Waals surface area (Å²) in [6.45, 7) is 2.81. The molecule has 2 heterocycles. The highest BCUT2D eigenvalue weighted by molar-refractivity contribution is 5.92. The number of pyridine rings is 1. The molecule has 0 aliphatic heterocycles. The van der Waals surface area contributed by atoms with Crippen molar-refractivity contribution < 1.29 is 9.90 Å². The number of aryl methyl sites for hydroxylation is 1. The second-order valence-electron chi connectivity index (χ2n) is 4.59. The SMILES string of the molecule is CCCCCCn1nnc(C(=O)O)c1-c1ccccn1. The van der Waals surface area contributed by atoms with E-state index in [1.807, 2.05) is 6.07 Å². The van der Waals surface area contributed by atoms with Crippen LogP contribution < -0.4 is 0 Å². The van der Waals surface area contributed by atoms with Crippen molar-refractivity contribution >= 4 is 5.97 Å². The molecule has 6 heteroatoms. The van der Waals surface area contributed by atoms with Gasteiger partial charge in [0.2, 0.25) is 0 Å². The smallest absolute Gasteiger partial charge is 0.358 e. The zero-order chi connectivity index (χ0) is 14.4. The Morgan fingerprint density at radius 3 is 2.80 bits per heavy atom. The lowest BCUT2D eigenvalue weighted by Gasteiger charge is -2.06. The summed E-state index contributed by atoms with van der Waals surface area (Å²) < 4.78 is 1.64. The van der Waals surface area contributed by atoms with Gasteiger partial charge < -0.3 is 5.11 Å². The van der Waals surface area contributed by atoms with Gasteiger partial charge in [0.25, 0.3) is 0 Å². The second kappa shape index (κ2) is 6.79. The highest BCUT2D eigenvalue weighted by atomic mass is 16.4. The maximum Gasteiger partial charge on any atom is 0.358 e. The van der Waals surface area contributed by atoms with E-state index in [9.17, 15) is 9.90 Å². The summed E-state index contributed by atoms with van der Waals surface area (Å²) in [6, 6.07) is 5.38. The molecule has 2 aromatic heterocycles. The van der Waals surface area contributed by atoms with Crippen molar-refractivity contribution in [1.82, 2.24) is 20.0 Å². The van der Waals surface area contributed by atoms with Gasteiger partial charge in [-0.1, -0.05) is 37.5 Å². The van der Waals surface area contributed by atoms with Gasteiger partial charge in [0.15, 0.2) is 5.69 Å². The number of hydrogen-bond donors (Lipinski definition) is 1. The Labute approximate surface area is 117 Å². The quantitative estimate of drug-likeness (QED) is 0.785. The van der Waals surface area contributed by atoms with Gasteiger partial charge in [0.05, 0.1) is 5.69 Å². The predicted octanol–water partition coefficient (Wildman–Crippen LogP) is 2.62. The van der Waals surface area contributed by atoms with E-state index in [0.29, 0.717) is 17.9 Å². The molecule has 0 amide bonds. The van der Waals surface area contributed by atoms with Crippen LogP contribution in [0.5, 0.6) is 0 Å². The van der Waals surface area contributed by atoms with E-state index in [1.54, 1.807) is 23.0 Å². The molecule has 0 fully saturated rings. The van der Waals surface area contributed by atoms with Gasteiger partial charge in [-0.15, -0.1) is 5.10 Å². The van der Waals surface area contributed by atoms with Crippen LogP contribution >= 0.6 is 0 Å². The molecular formula is C14H18N4O2. The molecule has 20 heavy (non-hydrogen) atoms. The fraction of sp³-hybridized carbons (Fsp3) is 0.429. The van der Waals surface area contributed by atoms with Gasteiger partial charge in [-0.25, -0.2) is 9.48 Å².